The second-order valence-electron chi connectivity index (χ2n) is 6.24. The van der Waals surface area contributed by atoms with Gasteiger partial charge < -0.3 is 26.8 Å². The van der Waals surface area contributed by atoms with Gasteiger partial charge in [0, 0.05) is 20.1 Å². The molecule has 1 atom stereocenters. The third-order valence-corrected chi connectivity index (χ3v) is 4.15. The van der Waals surface area contributed by atoms with Crippen LogP contribution in [0.2, 0.25) is 0 Å². The van der Waals surface area contributed by atoms with E-state index in [0.29, 0.717) is 6.07 Å². The molecule has 2 amide bonds. The molecule has 11 heteroatoms. The number of nitrogen functional groups attached to an aromatic ring is 1. The highest BCUT2D eigenvalue weighted by atomic mass is 19.4. The molecule has 1 aromatic rings. The van der Waals surface area contributed by atoms with Gasteiger partial charge in [0.2, 0.25) is 5.91 Å². The number of benzene rings is 1. The number of nitrogens with two attached hydrogens (primary N) is 2. The number of anilines is 2. The lowest BCUT2D eigenvalue weighted by Gasteiger charge is -2.22. The fourth-order valence-corrected chi connectivity index (χ4v) is 2.73. The van der Waals surface area contributed by atoms with Gasteiger partial charge in [-0.05, 0) is 18.2 Å². The summed E-state index contributed by atoms with van der Waals surface area (Å²) in [5, 5.41) is 5.22. The van der Waals surface area contributed by atoms with E-state index in [1.807, 2.05) is 0 Å². The normalized spacial score (nSPS) is 16.7. The van der Waals surface area contributed by atoms with Crippen LogP contribution in [-0.2, 0) is 15.7 Å². The first kappa shape index (κ1) is 22.2. The number of hydrogen-bond acceptors (Lipinski definition) is 5. The Kier molecular flexibility index (Phi) is 6.85. The van der Waals surface area contributed by atoms with Crippen LogP contribution in [0.25, 0.3) is 0 Å². The van der Waals surface area contributed by atoms with Crippen LogP contribution < -0.4 is 22.1 Å². The average molecular weight is 416 g/mol. The molecule has 0 fully saturated rings. The summed E-state index contributed by atoms with van der Waals surface area (Å²) in [6.07, 6.45) is -2.71. The lowest BCUT2D eigenvalue weighted by molar-refractivity contribution is -0.137. The highest BCUT2D eigenvalue weighted by Gasteiger charge is 2.33. The fourth-order valence-electron chi connectivity index (χ4n) is 2.73. The minimum absolute atomic E-state index is 0.00388. The van der Waals surface area contributed by atoms with Gasteiger partial charge in [0.05, 0.1) is 40.7 Å². The topological polar surface area (TPSA) is 119 Å². The molecule has 0 radical (unpaired) electrons. The lowest BCUT2D eigenvalue weighted by Crippen LogP contribution is -2.37. The molecule has 0 saturated carbocycles. The summed E-state index contributed by atoms with van der Waals surface area (Å²) >= 11 is 0. The monoisotopic (exact) mass is 416 g/mol. The molecule has 1 aromatic carbocycles. The van der Waals surface area contributed by atoms with Crippen molar-refractivity contribution in [3.8, 4) is 0 Å². The zero-order chi connectivity index (χ0) is 21.8. The maximum atomic E-state index is 13.6. The number of rotatable bonds is 7. The SMILES string of the molecule is COCCNc1c(N)cc(C(F)(F)F)cc1C(=O)NC1C=CC(F)=C(C(N)=O)C1. The van der Waals surface area contributed by atoms with Crippen LogP contribution in [-0.4, -0.2) is 38.1 Å². The van der Waals surface area contributed by atoms with Crippen molar-refractivity contribution in [2.24, 2.45) is 5.73 Å². The number of carbonyl (C=O) groups is 2. The highest BCUT2D eigenvalue weighted by Crippen LogP contribution is 2.35. The second-order valence-corrected chi connectivity index (χ2v) is 6.24. The summed E-state index contributed by atoms with van der Waals surface area (Å²) in [5.41, 5.74) is 8.80. The molecule has 29 heavy (non-hydrogen) atoms. The zero-order valence-electron chi connectivity index (χ0n) is 15.4. The Balaban J connectivity index is 2.33. The number of hydrogen-bond donors (Lipinski definition) is 4. The van der Waals surface area contributed by atoms with Gasteiger partial charge in [-0.25, -0.2) is 4.39 Å². The van der Waals surface area contributed by atoms with Crippen LogP contribution in [0, 0.1) is 0 Å². The Hall–Kier alpha value is -3.08. The molecule has 158 valence electrons. The van der Waals surface area contributed by atoms with Crippen LogP contribution >= 0.6 is 0 Å². The van der Waals surface area contributed by atoms with Crippen molar-refractivity contribution in [3.63, 3.8) is 0 Å². The number of nitrogens with one attached hydrogen (secondary N) is 2. The summed E-state index contributed by atoms with van der Waals surface area (Å²) in [4.78, 5) is 24.0. The van der Waals surface area contributed by atoms with Gasteiger partial charge in [0.1, 0.15) is 5.83 Å². The molecule has 2 rings (SSSR count). The summed E-state index contributed by atoms with van der Waals surface area (Å²) in [5.74, 6) is -2.70. The standard InChI is InChI=1S/C18H20F4N4O3/c1-29-5-4-25-15-12(6-9(7-14(15)23)18(20,21)22)17(28)26-10-2-3-13(19)11(8-10)16(24)27/h2-3,6-7,10,25H,4-5,8,23H2,1H3,(H2,24,27)(H,26,28). The van der Waals surface area contributed by atoms with Crippen molar-refractivity contribution in [1.82, 2.24) is 5.32 Å². The summed E-state index contributed by atoms with van der Waals surface area (Å²) in [6.45, 7) is 0.411. The van der Waals surface area contributed by atoms with E-state index in [9.17, 15) is 27.2 Å². The van der Waals surface area contributed by atoms with E-state index in [4.69, 9.17) is 16.2 Å². The smallest absolute Gasteiger partial charge is 0.397 e. The first-order valence-electron chi connectivity index (χ1n) is 8.45. The van der Waals surface area contributed by atoms with E-state index in [1.54, 1.807) is 0 Å². The number of carbonyl (C=O) groups excluding carboxylic acids is 2. The molecule has 0 bridgehead atoms. The number of alkyl halides is 3. The number of primary amides is 1. The molecule has 6 N–H and O–H groups in total. The summed E-state index contributed by atoms with van der Waals surface area (Å²) in [7, 11) is 1.43. The Morgan fingerprint density at radius 3 is 2.59 bits per heavy atom. The third-order valence-electron chi connectivity index (χ3n) is 4.15. The number of methoxy groups -OCH3 is 1. The van der Waals surface area contributed by atoms with Gasteiger partial charge >= 0.3 is 6.18 Å². The molecule has 0 heterocycles. The molecule has 0 spiro atoms. The molecule has 1 unspecified atom stereocenters. The molecular weight excluding hydrogens is 396 g/mol. The molecule has 1 aliphatic carbocycles. The van der Waals surface area contributed by atoms with Gasteiger partial charge in [0.15, 0.2) is 0 Å². The maximum Gasteiger partial charge on any atom is 0.416 e. The van der Waals surface area contributed by atoms with Gasteiger partial charge in [-0.1, -0.05) is 6.08 Å². The van der Waals surface area contributed by atoms with Crippen molar-refractivity contribution in [3.05, 3.63) is 46.8 Å². The number of amides is 2. The number of ether oxygens (including phenoxy) is 1. The van der Waals surface area contributed by atoms with Crippen LogP contribution in [0.1, 0.15) is 22.3 Å². The van der Waals surface area contributed by atoms with Crippen LogP contribution in [0.3, 0.4) is 0 Å². The average Bonchev–Trinajstić information content (AvgIpc) is 2.63. The highest BCUT2D eigenvalue weighted by molar-refractivity contribution is 6.03. The maximum absolute atomic E-state index is 13.6. The third kappa shape index (κ3) is 5.47. The number of allylic oxidation sites excluding steroid dienone is 2. The van der Waals surface area contributed by atoms with Crippen molar-refractivity contribution in [1.29, 1.82) is 0 Å². The van der Waals surface area contributed by atoms with E-state index in [0.717, 1.165) is 12.1 Å². The van der Waals surface area contributed by atoms with Crippen LogP contribution in [0.5, 0.6) is 0 Å². The van der Waals surface area contributed by atoms with E-state index in [2.05, 4.69) is 10.6 Å². The predicted molar refractivity (Wildman–Crippen MR) is 98.6 cm³/mol. The van der Waals surface area contributed by atoms with Gasteiger partial charge in [-0.15, -0.1) is 0 Å². The molecule has 0 aliphatic heterocycles. The molecule has 7 nitrogen and oxygen atoms in total. The Bertz CT molecular complexity index is 865. The molecule has 0 aromatic heterocycles. The first-order chi connectivity index (χ1) is 13.5. The Morgan fingerprint density at radius 2 is 2.00 bits per heavy atom. The first-order valence-corrected chi connectivity index (χ1v) is 8.45. The van der Waals surface area contributed by atoms with Gasteiger partial charge in [-0.3, -0.25) is 9.59 Å². The zero-order valence-corrected chi connectivity index (χ0v) is 15.4. The van der Waals surface area contributed by atoms with Crippen LogP contribution in [0.15, 0.2) is 35.7 Å². The molecule has 1 aliphatic rings. The minimum Gasteiger partial charge on any atom is -0.397 e. The second kappa shape index (κ2) is 8.95. The van der Waals surface area contributed by atoms with E-state index < -0.39 is 35.4 Å². The van der Waals surface area contributed by atoms with Crippen molar-refractivity contribution in [2.75, 3.05) is 31.3 Å². The predicted octanol–water partition coefficient (Wildman–Crippen LogP) is 2.11. The van der Waals surface area contributed by atoms with Gasteiger partial charge in [-0.2, -0.15) is 13.2 Å². The summed E-state index contributed by atoms with van der Waals surface area (Å²) in [6, 6.07) is 0.543. The van der Waals surface area contributed by atoms with E-state index >= 15 is 0 Å². The number of halogens is 4. The molecule has 0 saturated heterocycles. The van der Waals surface area contributed by atoms with Gasteiger partial charge in [0.25, 0.3) is 5.91 Å². The van der Waals surface area contributed by atoms with E-state index in [1.165, 1.54) is 13.2 Å². The summed E-state index contributed by atoms with van der Waals surface area (Å²) < 4.78 is 58.0. The minimum atomic E-state index is -4.72. The van der Waals surface area contributed by atoms with Crippen molar-refractivity contribution >= 4 is 23.2 Å². The Morgan fingerprint density at radius 1 is 1.31 bits per heavy atom. The Labute approximate surface area is 163 Å². The van der Waals surface area contributed by atoms with Crippen molar-refractivity contribution in [2.45, 2.75) is 18.6 Å². The van der Waals surface area contributed by atoms with Crippen LogP contribution in [0.4, 0.5) is 28.9 Å². The fraction of sp³-hybridized carbons (Fsp3) is 0.333. The van der Waals surface area contributed by atoms with Crippen molar-refractivity contribution < 1.29 is 31.9 Å². The van der Waals surface area contributed by atoms with E-state index in [-0.39, 0.29) is 42.1 Å². The quantitative estimate of drug-likeness (QED) is 0.308. The largest absolute Gasteiger partial charge is 0.416 e. The lowest BCUT2D eigenvalue weighted by atomic mass is 9.98. The molecular formula is C18H20F4N4O3.